The molecule has 0 bridgehead atoms. The quantitative estimate of drug-likeness (QED) is 0.347. The molecule has 0 aliphatic carbocycles. The smallest absolute Gasteiger partial charge is 0.275 e. The minimum absolute atomic E-state index is 0.108. The third-order valence-electron chi connectivity index (χ3n) is 7.03. The largest absolute Gasteiger partial charge is 0.497 e. The summed E-state index contributed by atoms with van der Waals surface area (Å²) in [4.78, 5) is 15.1. The van der Waals surface area contributed by atoms with Crippen molar-refractivity contribution in [3.8, 4) is 11.4 Å². The van der Waals surface area contributed by atoms with Gasteiger partial charge in [0, 0.05) is 30.5 Å². The minimum atomic E-state index is -2.98. The highest BCUT2D eigenvalue weighted by molar-refractivity contribution is 5.99. The summed E-state index contributed by atoms with van der Waals surface area (Å²) in [5.41, 5.74) is 2.94. The maximum absolute atomic E-state index is 13.8. The fourth-order valence-corrected chi connectivity index (χ4v) is 5.19. The normalized spacial score (nSPS) is 23.3. The van der Waals surface area contributed by atoms with Crippen LogP contribution in [0.15, 0.2) is 72.9 Å². The van der Waals surface area contributed by atoms with Crippen LogP contribution in [0.1, 0.15) is 24.9 Å². The predicted octanol–water partition coefficient (Wildman–Crippen LogP) is 4.99. The monoisotopic (exact) mass is 522 g/mol. The number of alkyl halides is 2. The van der Waals surface area contributed by atoms with Crippen molar-refractivity contribution in [1.29, 1.82) is 0 Å². The zero-order valence-corrected chi connectivity index (χ0v) is 20.6. The molecule has 0 radical (unpaired) electrons. The van der Waals surface area contributed by atoms with Gasteiger partial charge in [-0.2, -0.15) is 5.10 Å². The Bertz CT molecular complexity index is 1500. The van der Waals surface area contributed by atoms with Crippen LogP contribution in [-0.2, 0) is 9.53 Å². The van der Waals surface area contributed by atoms with E-state index < -0.39 is 30.3 Å². The molecule has 196 valence electrons. The van der Waals surface area contributed by atoms with Crippen molar-refractivity contribution in [2.45, 2.75) is 43.7 Å². The second-order valence-electron chi connectivity index (χ2n) is 9.67. The topological polar surface area (TPSA) is 71.9 Å². The molecule has 38 heavy (non-hydrogen) atoms. The van der Waals surface area contributed by atoms with Gasteiger partial charge in [-0.3, -0.25) is 10.1 Å². The lowest BCUT2D eigenvalue weighted by molar-refractivity contribution is -0.117. The second-order valence-corrected chi connectivity index (χ2v) is 9.67. The first-order chi connectivity index (χ1) is 18.2. The average molecular weight is 523 g/mol. The molecule has 4 atom stereocenters. The predicted molar refractivity (Wildman–Crippen MR) is 135 cm³/mol. The van der Waals surface area contributed by atoms with E-state index in [0.29, 0.717) is 17.1 Å². The molecular formula is C28H25F3N4O3. The SMILES string of the molecule is COc1cccc(C2[C@@H](NC3OC3C(C)(F)F)CC(=O)N2c2ccc3c(cnn3-c3ccc(F)cc3)c2)c1. The first kappa shape index (κ1) is 24.4. The number of benzene rings is 3. The molecule has 0 spiro atoms. The zero-order valence-electron chi connectivity index (χ0n) is 20.6. The first-order valence-electron chi connectivity index (χ1n) is 12.2. The summed E-state index contributed by atoms with van der Waals surface area (Å²) in [6, 6.07) is 18.0. The van der Waals surface area contributed by atoms with Crippen LogP contribution in [0.25, 0.3) is 16.6 Å². The summed E-state index contributed by atoms with van der Waals surface area (Å²) >= 11 is 0. The maximum Gasteiger partial charge on any atom is 0.275 e. The molecule has 2 saturated heterocycles. The van der Waals surface area contributed by atoms with Crippen molar-refractivity contribution in [2.75, 3.05) is 12.0 Å². The van der Waals surface area contributed by atoms with Crippen LogP contribution >= 0.6 is 0 Å². The Hall–Kier alpha value is -3.89. The number of methoxy groups -OCH3 is 1. The van der Waals surface area contributed by atoms with Crippen molar-refractivity contribution < 1.29 is 27.4 Å². The lowest BCUT2D eigenvalue weighted by Crippen LogP contribution is -2.40. The highest BCUT2D eigenvalue weighted by atomic mass is 19.3. The van der Waals surface area contributed by atoms with E-state index in [-0.39, 0.29) is 18.1 Å². The molecule has 3 unspecified atom stereocenters. The lowest BCUT2D eigenvalue weighted by Gasteiger charge is -2.29. The Balaban J connectivity index is 1.36. The number of epoxide rings is 1. The van der Waals surface area contributed by atoms with Crippen LogP contribution in [-0.4, -0.2) is 47.1 Å². The van der Waals surface area contributed by atoms with Gasteiger partial charge in [0.2, 0.25) is 5.91 Å². The number of ether oxygens (including phenoxy) is 2. The fourth-order valence-electron chi connectivity index (χ4n) is 5.19. The maximum atomic E-state index is 13.8. The molecule has 3 heterocycles. The molecule has 2 fully saturated rings. The number of carbonyl (C=O) groups excluding carboxylic acids is 1. The molecule has 2 aliphatic heterocycles. The van der Waals surface area contributed by atoms with Crippen LogP contribution in [0.4, 0.5) is 18.9 Å². The van der Waals surface area contributed by atoms with Gasteiger partial charge in [0.15, 0.2) is 6.10 Å². The van der Waals surface area contributed by atoms with Gasteiger partial charge in [0.25, 0.3) is 5.92 Å². The number of hydrogen-bond donors (Lipinski definition) is 1. The highest BCUT2D eigenvalue weighted by Gasteiger charge is 2.56. The average Bonchev–Trinajstić information content (AvgIpc) is 3.45. The van der Waals surface area contributed by atoms with Gasteiger partial charge >= 0.3 is 0 Å². The van der Waals surface area contributed by atoms with Crippen LogP contribution in [0.3, 0.4) is 0 Å². The van der Waals surface area contributed by atoms with Gasteiger partial charge in [-0.05, 0) is 60.2 Å². The summed E-state index contributed by atoms with van der Waals surface area (Å²) in [5.74, 6) is -2.85. The number of carbonyl (C=O) groups is 1. The zero-order chi connectivity index (χ0) is 26.6. The minimum Gasteiger partial charge on any atom is -0.497 e. The molecule has 1 N–H and O–H groups in total. The third-order valence-corrected chi connectivity index (χ3v) is 7.03. The molecule has 3 aromatic carbocycles. The molecule has 2 aliphatic rings. The Kier molecular flexibility index (Phi) is 5.88. The molecule has 6 rings (SSSR count). The number of amides is 1. The standard InChI is InChI=1S/C28H25F3N4O3/c1-28(30,31)26-27(38-26)33-22-14-24(36)34(25(22)16-4-3-5-21(13-16)37-2)20-10-11-23-17(12-20)15-32-35(23)19-8-6-18(29)7-9-19/h3-13,15,22,25-27,33H,14H2,1-2H3/t22-,25?,26?,27?/m0/s1. The van der Waals surface area contributed by atoms with Gasteiger partial charge in [0.05, 0.1) is 30.6 Å². The van der Waals surface area contributed by atoms with E-state index in [1.807, 2.05) is 36.4 Å². The van der Waals surface area contributed by atoms with E-state index >= 15 is 0 Å². The Morgan fingerprint density at radius 2 is 1.84 bits per heavy atom. The van der Waals surface area contributed by atoms with Crippen molar-refractivity contribution in [2.24, 2.45) is 0 Å². The van der Waals surface area contributed by atoms with Crippen LogP contribution < -0.4 is 15.0 Å². The lowest BCUT2D eigenvalue weighted by atomic mass is 9.99. The molecule has 1 amide bonds. The number of fused-ring (bicyclic) bond motifs is 1. The van der Waals surface area contributed by atoms with Crippen molar-refractivity contribution >= 4 is 22.5 Å². The van der Waals surface area contributed by atoms with Crippen molar-refractivity contribution in [3.05, 3.63) is 84.3 Å². The number of hydrogen-bond acceptors (Lipinski definition) is 5. The summed E-state index contributed by atoms with van der Waals surface area (Å²) < 4.78 is 53.3. The molecular weight excluding hydrogens is 497 g/mol. The molecule has 1 aromatic heterocycles. The number of aromatic nitrogens is 2. The van der Waals surface area contributed by atoms with Crippen molar-refractivity contribution in [3.63, 3.8) is 0 Å². The van der Waals surface area contributed by atoms with E-state index in [4.69, 9.17) is 9.47 Å². The van der Waals surface area contributed by atoms with E-state index in [9.17, 15) is 18.0 Å². The van der Waals surface area contributed by atoms with E-state index in [2.05, 4.69) is 10.4 Å². The van der Waals surface area contributed by atoms with Crippen LogP contribution in [0, 0.1) is 5.82 Å². The molecule has 7 nitrogen and oxygen atoms in total. The Morgan fingerprint density at radius 3 is 2.55 bits per heavy atom. The summed E-state index contributed by atoms with van der Waals surface area (Å²) in [6.45, 7) is 0.826. The summed E-state index contributed by atoms with van der Waals surface area (Å²) in [7, 11) is 1.56. The number of nitrogens with zero attached hydrogens (tertiary/aromatic N) is 3. The summed E-state index contributed by atoms with van der Waals surface area (Å²) in [6.07, 6.45) is -0.273. The molecule has 4 aromatic rings. The second kappa shape index (κ2) is 9.14. The molecule has 0 saturated carbocycles. The third kappa shape index (κ3) is 4.39. The Morgan fingerprint density at radius 1 is 1.08 bits per heavy atom. The number of halogens is 3. The summed E-state index contributed by atoms with van der Waals surface area (Å²) in [5, 5.41) is 8.38. The van der Waals surface area contributed by atoms with Gasteiger partial charge in [-0.25, -0.2) is 17.9 Å². The van der Waals surface area contributed by atoms with Gasteiger partial charge in [0.1, 0.15) is 17.8 Å². The van der Waals surface area contributed by atoms with Gasteiger partial charge in [-0.1, -0.05) is 12.1 Å². The highest BCUT2D eigenvalue weighted by Crippen LogP contribution is 2.42. The van der Waals surface area contributed by atoms with E-state index in [1.165, 1.54) is 12.1 Å². The van der Waals surface area contributed by atoms with Gasteiger partial charge < -0.3 is 14.4 Å². The fraction of sp³-hybridized carbons (Fsp3) is 0.286. The van der Waals surface area contributed by atoms with E-state index in [0.717, 1.165) is 23.4 Å². The van der Waals surface area contributed by atoms with E-state index in [1.54, 1.807) is 41.1 Å². The number of rotatable bonds is 7. The van der Waals surface area contributed by atoms with Crippen LogP contribution in [0.2, 0.25) is 0 Å². The van der Waals surface area contributed by atoms with Crippen LogP contribution in [0.5, 0.6) is 5.75 Å². The number of nitrogens with one attached hydrogen (secondary N) is 1. The number of anilines is 1. The van der Waals surface area contributed by atoms with Crippen molar-refractivity contribution in [1.82, 2.24) is 15.1 Å². The Labute approximate surface area is 216 Å². The van der Waals surface area contributed by atoms with Gasteiger partial charge in [-0.15, -0.1) is 0 Å². The first-order valence-corrected chi connectivity index (χ1v) is 12.2. The molecule has 10 heteroatoms.